The first kappa shape index (κ1) is 16.7. The molecular weight excluding hydrogens is 352 g/mol. The number of aryl methyl sites for hydroxylation is 2. The Morgan fingerprint density at radius 1 is 1.24 bits per heavy atom. The van der Waals surface area contributed by atoms with Gasteiger partial charge >= 0.3 is 0 Å². The molecule has 0 aliphatic rings. The van der Waals surface area contributed by atoms with Crippen LogP contribution in [0.2, 0.25) is 0 Å². The third-order valence-electron chi connectivity index (χ3n) is 4.78. The van der Waals surface area contributed by atoms with Crippen LogP contribution >= 0.6 is 22.9 Å². The van der Waals surface area contributed by atoms with Crippen LogP contribution in [0.15, 0.2) is 48.0 Å². The molecule has 0 amide bonds. The summed E-state index contributed by atoms with van der Waals surface area (Å²) in [4.78, 5) is 1.22. The second-order valence-electron chi connectivity index (χ2n) is 6.23. The minimum Gasteiger partial charge on any atom is -0.382 e. The normalized spacial score (nSPS) is 13.1. The second-order valence-corrected chi connectivity index (χ2v) is 7.51. The van der Waals surface area contributed by atoms with E-state index in [9.17, 15) is 5.11 Å². The van der Waals surface area contributed by atoms with Crippen LogP contribution in [0.25, 0.3) is 21.1 Å². The minimum atomic E-state index is -0.637. The fourth-order valence-corrected chi connectivity index (χ4v) is 4.70. The lowest BCUT2D eigenvalue weighted by molar-refractivity contribution is 0.212. The van der Waals surface area contributed by atoms with E-state index in [1.54, 1.807) is 11.3 Å². The molecule has 0 aliphatic carbocycles. The molecule has 1 N–H and O–H groups in total. The summed E-state index contributed by atoms with van der Waals surface area (Å²) in [5.74, 6) is 0.638. The van der Waals surface area contributed by atoms with Crippen LogP contribution < -0.4 is 0 Å². The molecule has 25 heavy (non-hydrogen) atoms. The van der Waals surface area contributed by atoms with Gasteiger partial charge in [-0.15, -0.1) is 22.9 Å². The molecule has 0 bridgehead atoms. The predicted molar refractivity (Wildman–Crippen MR) is 107 cm³/mol. The minimum absolute atomic E-state index is 0.637. The van der Waals surface area contributed by atoms with Crippen LogP contribution in [0.3, 0.4) is 0 Å². The van der Waals surface area contributed by atoms with Crippen molar-refractivity contribution in [1.82, 2.24) is 9.13 Å². The highest BCUT2D eigenvalue weighted by atomic mass is 35.5. The highest BCUT2D eigenvalue weighted by Crippen LogP contribution is 2.35. The molecule has 0 radical (unpaired) electrons. The molecule has 4 aromatic rings. The number of thiophene rings is 1. The first-order chi connectivity index (χ1) is 12.2. The number of nitrogens with zero attached hydrogens (tertiary/aromatic N) is 2. The van der Waals surface area contributed by atoms with E-state index in [0.29, 0.717) is 5.88 Å². The number of hydrogen-bond acceptors (Lipinski definition) is 2. The summed E-state index contributed by atoms with van der Waals surface area (Å²) in [6.07, 6.45) is 2.36. The van der Waals surface area contributed by atoms with Crippen molar-refractivity contribution in [2.75, 3.05) is 5.88 Å². The maximum atomic E-state index is 11.2. The van der Waals surface area contributed by atoms with Gasteiger partial charge in [0.05, 0.1) is 5.69 Å². The van der Waals surface area contributed by atoms with Crippen molar-refractivity contribution in [3.8, 4) is 0 Å². The van der Waals surface area contributed by atoms with Crippen LogP contribution in [0.4, 0.5) is 0 Å². The van der Waals surface area contributed by atoms with E-state index in [4.69, 9.17) is 11.6 Å². The molecule has 0 aliphatic heterocycles. The van der Waals surface area contributed by atoms with E-state index < -0.39 is 6.10 Å². The van der Waals surface area contributed by atoms with Crippen molar-refractivity contribution in [3.05, 3.63) is 59.2 Å². The fraction of sp³-hybridized carbons (Fsp3) is 0.300. The van der Waals surface area contributed by atoms with Gasteiger partial charge < -0.3 is 14.2 Å². The van der Waals surface area contributed by atoms with E-state index in [1.165, 1.54) is 10.2 Å². The van der Waals surface area contributed by atoms with E-state index >= 15 is 0 Å². The molecule has 3 nitrogen and oxygen atoms in total. The number of aromatic nitrogens is 2. The largest absolute Gasteiger partial charge is 0.382 e. The standard InChI is InChI=1S/C20H21ClN2OS/c1-2-23-18(12-14-8-11-25-20(14)23)19(24)16-13-22(10-5-9-21)17-7-4-3-6-15(16)17/h3-4,6-8,11-13,19,24H,2,5,9-10H2,1H3. The SMILES string of the molecule is CCn1c(C(O)c2cn(CCCCl)c3ccccc23)cc2ccsc21. The highest BCUT2D eigenvalue weighted by Gasteiger charge is 2.21. The zero-order valence-corrected chi connectivity index (χ0v) is 15.7. The molecule has 130 valence electrons. The zero-order chi connectivity index (χ0) is 17.4. The number of aliphatic hydroxyl groups excluding tert-OH is 1. The quantitative estimate of drug-likeness (QED) is 0.452. The number of para-hydroxylation sites is 1. The molecular formula is C20H21ClN2OS. The Labute approximate surface area is 156 Å². The maximum absolute atomic E-state index is 11.2. The van der Waals surface area contributed by atoms with Crippen LogP contribution in [-0.4, -0.2) is 20.1 Å². The predicted octanol–water partition coefficient (Wildman–Crippen LogP) is 5.39. The lowest BCUT2D eigenvalue weighted by atomic mass is 10.1. The van der Waals surface area contributed by atoms with E-state index in [-0.39, 0.29) is 0 Å². The number of aliphatic hydroxyl groups is 1. The van der Waals surface area contributed by atoms with Crippen molar-refractivity contribution in [3.63, 3.8) is 0 Å². The average Bonchev–Trinajstić information content (AvgIpc) is 3.31. The molecule has 0 fully saturated rings. The van der Waals surface area contributed by atoms with E-state index in [1.807, 2.05) is 12.1 Å². The molecule has 4 rings (SSSR count). The number of halogens is 1. The molecule has 3 heterocycles. The van der Waals surface area contributed by atoms with Crippen LogP contribution in [0.1, 0.15) is 30.7 Å². The second kappa shape index (κ2) is 6.87. The Hall–Kier alpha value is -1.75. The molecule has 1 atom stereocenters. The van der Waals surface area contributed by atoms with E-state index in [2.05, 4.69) is 51.9 Å². The highest BCUT2D eigenvalue weighted by molar-refractivity contribution is 7.16. The van der Waals surface area contributed by atoms with Crippen molar-refractivity contribution in [2.24, 2.45) is 0 Å². The third kappa shape index (κ3) is 2.78. The van der Waals surface area contributed by atoms with Crippen molar-refractivity contribution < 1.29 is 5.11 Å². The number of benzene rings is 1. The molecule has 3 aromatic heterocycles. The summed E-state index contributed by atoms with van der Waals surface area (Å²) in [5, 5.41) is 15.6. The summed E-state index contributed by atoms with van der Waals surface area (Å²) in [6, 6.07) is 12.5. The number of alkyl halides is 1. The average molecular weight is 373 g/mol. The van der Waals surface area contributed by atoms with Crippen LogP contribution in [0.5, 0.6) is 0 Å². The van der Waals surface area contributed by atoms with Crippen molar-refractivity contribution in [2.45, 2.75) is 32.5 Å². The van der Waals surface area contributed by atoms with Gasteiger partial charge in [-0.3, -0.25) is 0 Å². The molecule has 1 aromatic carbocycles. The van der Waals surface area contributed by atoms with Crippen LogP contribution in [0, 0.1) is 0 Å². The summed E-state index contributed by atoms with van der Waals surface area (Å²) in [5.41, 5.74) is 3.08. The maximum Gasteiger partial charge on any atom is 0.121 e. The van der Waals surface area contributed by atoms with Gasteiger partial charge in [0.1, 0.15) is 10.9 Å². The molecule has 0 spiro atoms. The monoisotopic (exact) mass is 372 g/mol. The Morgan fingerprint density at radius 2 is 2.08 bits per heavy atom. The number of rotatable bonds is 6. The summed E-state index contributed by atoms with van der Waals surface area (Å²) < 4.78 is 4.42. The van der Waals surface area contributed by atoms with Gasteiger partial charge in [-0.05, 0) is 36.9 Å². The van der Waals surface area contributed by atoms with Gasteiger partial charge in [-0.25, -0.2) is 0 Å². The lowest BCUT2D eigenvalue weighted by Gasteiger charge is -2.13. The summed E-state index contributed by atoms with van der Waals surface area (Å²) >= 11 is 7.60. The molecule has 0 saturated heterocycles. The summed E-state index contributed by atoms with van der Waals surface area (Å²) in [6.45, 7) is 3.83. The van der Waals surface area contributed by atoms with Crippen molar-refractivity contribution >= 4 is 44.1 Å². The van der Waals surface area contributed by atoms with E-state index in [0.717, 1.165) is 41.7 Å². The molecule has 0 saturated carbocycles. The Kier molecular flexibility index (Phi) is 4.59. The number of fused-ring (bicyclic) bond motifs is 2. The molecule has 1 unspecified atom stereocenters. The molecule has 5 heteroatoms. The van der Waals surface area contributed by atoms with Crippen LogP contribution in [-0.2, 0) is 13.1 Å². The number of hydrogen-bond donors (Lipinski definition) is 1. The van der Waals surface area contributed by atoms with Gasteiger partial charge in [0.25, 0.3) is 0 Å². The Morgan fingerprint density at radius 3 is 2.88 bits per heavy atom. The fourth-order valence-electron chi connectivity index (χ4n) is 3.62. The smallest absolute Gasteiger partial charge is 0.121 e. The zero-order valence-electron chi connectivity index (χ0n) is 14.2. The topological polar surface area (TPSA) is 30.1 Å². The Bertz CT molecular complexity index is 1010. The first-order valence-electron chi connectivity index (χ1n) is 8.63. The van der Waals surface area contributed by atoms with Gasteiger partial charge in [0.15, 0.2) is 0 Å². The van der Waals surface area contributed by atoms with Gasteiger partial charge in [-0.2, -0.15) is 0 Å². The van der Waals surface area contributed by atoms with Gasteiger partial charge in [0, 0.05) is 47.0 Å². The lowest BCUT2D eigenvalue weighted by Crippen LogP contribution is -2.07. The third-order valence-corrected chi connectivity index (χ3v) is 6.00. The van der Waals surface area contributed by atoms with Gasteiger partial charge in [0.2, 0.25) is 0 Å². The first-order valence-corrected chi connectivity index (χ1v) is 10.0. The Balaban J connectivity index is 1.83. The summed E-state index contributed by atoms with van der Waals surface area (Å²) in [7, 11) is 0. The van der Waals surface area contributed by atoms with Gasteiger partial charge in [-0.1, -0.05) is 18.2 Å². The van der Waals surface area contributed by atoms with Crippen molar-refractivity contribution in [1.29, 1.82) is 0 Å².